The molecule has 30 heavy (non-hydrogen) atoms. The molecule has 3 rings (SSSR count). The van der Waals surface area contributed by atoms with Crippen molar-refractivity contribution in [3.05, 3.63) is 82.7 Å². The zero-order chi connectivity index (χ0) is 21.5. The highest BCUT2D eigenvalue weighted by Crippen LogP contribution is 2.36. The number of thiophene rings is 1. The van der Waals surface area contributed by atoms with Gasteiger partial charge in [-0.15, -0.1) is 11.3 Å². The lowest BCUT2D eigenvalue weighted by Gasteiger charge is -2.14. The lowest BCUT2D eigenvalue weighted by Crippen LogP contribution is -2.30. The smallest absolute Gasteiger partial charge is 0.341 e. The molecule has 1 aromatic heterocycles. The van der Waals surface area contributed by atoms with Crippen LogP contribution in [0.5, 0.6) is 5.75 Å². The zero-order valence-corrected chi connectivity index (χ0v) is 18.1. The monoisotopic (exact) mass is 423 g/mol. The summed E-state index contributed by atoms with van der Waals surface area (Å²) in [6.45, 7) is 5.77. The molecule has 0 aliphatic rings. The summed E-state index contributed by atoms with van der Waals surface area (Å²) in [5, 5.41) is 3.32. The minimum Gasteiger partial charge on any atom is -0.481 e. The average Bonchev–Trinajstić information content (AvgIpc) is 3.18. The van der Waals surface area contributed by atoms with Crippen LogP contribution in [-0.2, 0) is 9.53 Å². The Hall–Kier alpha value is -3.12. The van der Waals surface area contributed by atoms with Crippen LogP contribution >= 0.6 is 11.3 Å². The van der Waals surface area contributed by atoms with Crippen molar-refractivity contribution in [2.24, 2.45) is 0 Å². The van der Waals surface area contributed by atoms with E-state index in [2.05, 4.69) is 12.2 Å². The van der Waals surface area contributed by atoms with Crippen LogP contribution in [0.3, 0.4) is 0 Å². The van der Waals surface area contributed by atoms with E-state index in [0.29, 0.717) is 16.3 Å². The minimum absolute atomic E-state index is 0.0769. The molecule has 0 bridgehead atoms. The van der Waals surface area contributed by atoms with Crippen molar-refractivity contribution in [1.29, 1.82) is 0 Å². The van der Waals surface area contributed by atoms with Gasteiger partial charge in [-0.25, -0.2) is 4.79 Å². The largest absolute Gasteiger partial charge is 0.481 e. The number of carbonyl (C=O) groups is 2. The third kappa shape index (κ3) is 5.27. The van der Waals surface area contributed by atoms with Gasteiger partial charge in [0.1, 0.15) is 10.8 Å². The number of amides is 1. The van der Waals surface area contributed by atoms with Crippen LogP contribution in [0.1, 0.15) is 47.5 Å². The molecular weight excluding hydrogens is 398 g/mol. The van der Waals surface area contributed by atoms with E-state index < -0.39 is 12.1 Å². The Morgan fingerprint density at radius 3 is 2.27 bits per heavy atom. The lowest BCUT2D eigenvalue weighted by molar-refractivity contribution is -0.122. The highest BCUT2D eigenvalue weighted by molar-refractivity contribution is 7.16. The molecule has 0 aliphatic carbocycles. The number of anilines is 1. The third-order valence-electron chi connectivity index (χ3n) is 4.63. The van der Waals surface area contributed by atoms with E-state index in [4.69, 9.17) is 9.47 Å². The van der Waals surface area contributed by atoms with Gasteiger partial charge in [0, 0.05) is 10.8 Å². The maximum atomic E-state index is 12.7. The lowest BCUT2D eigenvalue weighted by atomic mass is 9.99. The van der Waals surface area contributed by atoms with E-state index in [0.717, 1.165) is 10.4 Å². The maximum Gasteiger partial charge on any atom is 0.341 e. The van der Waals surface area contributed by atoms with E-state index in [1.165, 1.54) is 11.3 Å². The zero-order valence-electron chi connectivity index (χ0n) is 17.3. The van der Waals surface area contributed by atoms with Gasteiger partial charge in [-0.3, -0.25) is 4.79 Å². The number of para-hydroxylation sites is 1. The highest BCUT2D eigenvalue weighted by Gasteiger charge is 2.24. The molecule has 2 atom stereocenters. The Kier molecular flexibility index (Phi) is 7.25. The predicted octanol–water partition coefficient (Wildman–Crippen LogP) is 5.48. The highest BCUT2D eigenvalue weighted by atomic mass is 32.1. The molecule has 0 fully saturated rings. The number of nitrogens with one attached hydrogen (secondary N) is 1. The summed E-state index contributed by atoms with van der Waals surface area (Å²) in [5.41, 5.74) is 1.49. The molecular formula is C24H25NO4S. The van der Waals surface area contributed by atoms with Crippen LogP contribution in [-0.4, -0.2) is 24.6 Å². The van der Waals surface area contributed by atoms with Crippen LogP contribution in [0.4, 0.5) is 5.00 Å². The van der Waals surface area contributed by atoms with Crippen LogP contribution < -0.4 is 10.1 Å². The minimum atomic E-state index is -0.723. The summed E-state index contributed by atoms with van der Waals surface area (Å²) >= 11 is 1.38. The fourth-order valence-electron chi connectivity index (χ4n) is 2.95. The molecule has 0 saturated heterocycles. The fraction of sp³-hybridized carbons (Fsp3) is 0.250. The Morgan fingerprint density at radius 1 is 1.00 bits per heavy atom. The van der Waals surface area contributed by atoms with Gasteiger partial charge in [-0.2, -0.15) is 0 Å². The summed E-state index contributed by atoms with van der Waals surface area (Å²) < 4.78 is 10.9. The topological polar surface area (TPSA) is 64.6 Å². The van der Waals surface area contributed by atoms with E-state index in [1.807, 2.05) is 48.5 Å². The van der Waals surface area contributed by atoms with Crippen molar-refractivity contribution in [3.63, 3.8) is 0 Å². The molecule has 0 spiro atoms. The standard InChI is InChI=1S/C24H25NO4S/c1-4-28-24(27)20-15-21(16(2)18-11-7-5-8-12-18)30-23(20)25-22(26)17(3)29-19-13-9-6-10-14-19/h5-17H,4H2,1-3H3,(H,25,26)/t16-,17+/m1/s1. The van der Waals surface area contributed by atoms with Gasteiger partial charge in [0.2, 0.25) is 0 Å². The Bertz CT molecular complexity index is 985. The Labute approximate surface area is 180 Å². The van der Waals surface area contributed by atoms with Crippen molar-refractivity contribution in [2.45, 2.75) is 32.8 Å². The summed E-state index contributed by atoms with van der Waals surface area (Å²) in [5.74, 6) is -0.0966. The second-order valence-electron chi connectivity index (χ2n) is 6.81. The average molecular weight is 424 g/mol. The number of carbonyl (C=O) groups excluding carboxylic acids is 2. The molecule has 0 radical (unpaired) electrons. The Balaban J connectivity index is 1.82. The molecule has 0 unspecified atom stereocenters. The van der Waals surface area contributed by atoms with Crippen LogP contribution in [0.2, 0.25) is 0 Å². The van der Waals surface area contributed by atoms with Crippen LogP contribution in [0.15, 0.2) is 66.7 Å². The van der Waals surface area contributed by atoms with E-state index >= 15 is 0 Å². The van der Waals surface area contributed by atoms with Crippen molar-refractivity contribution < 1.29 is 19.1 Å². The van der Waals surface area contributed by atoms with Gasteiger partial charge in [0.05, 0.1) is 12.2 Å². The number of hydrogen-bond acceptors (Lipinski definition) is 5. The summed E-state index contributed by atoms with van der Waals surface area (Å²) in [6, 6.07) is 21.0. The third-order valence-corrected chi connectivity index (χ3v) is 5.87. The molecule has 1 heterocycles. The summed E-state index contributed by atoms with van der Waals surface area (Å²) in [6.07, 6.45) is -0.723. The molecule has 1 amide bonds. The molecule has 0 saturated carbocycles. The van der Waals surface area contributed by atoms with Crippen LogP contribution in [0.25, 0.3) is 0 Å². The number of hydrogen-bond donors (Lipinski definition) is 1. The van der Waals surface area contributed by atoms with E-state index in [9.17, 15) is 9.59 Å². The maximum absolute atomic E-state index is 12.7. The van der Waals surface area contributed by atoms with Gasteiger partial charge < -0.3 is 14.8 Å². The first-order valence-corrected chi connectivity index (χ1v) is 10.7. The van der Waals surface area contributed by atoms with Crippen molar-refractivity contribution in [2.75, 3.05) is 11.9 Å². The molecule has 1 N–H and O–H groups in total. The quantitative estimate of drug-likeness (QED) is 0.487. The molecule has 5 nitrogen and oxygen atoms in total. The van der Waals surface area contributed by atoms with Gasteiger partial charge in [-0.1, -0.05) is 55.5 Å². The molecule has 6 heteroatoms. The van der Waals surface area contributed by atoms with Crippen molar-refractivity contribution in [3.8, 4) is 5.75 Å². The fourth-order valence-corrected chi connectivity index (χ4v) is 4.08. The number of esters is 1. The second-order valence-corrected chi connectivity index (χ2v) is 7.89. The number of ether oxygens (including phenoxy) is 2. The summed E-state index contributed by atoms with van der Waals surface area (Å²) in [4.78, 5) is 26.2. The van der Waals surface area contributed by atoms with Gasteiger partial charge in [0.25, 0.3) is 5.91 Å². The molecule has 3 aromatic rings. The van der Waals surface area contributed by atoms with Crippen LogP contribution in [0, 0.1) is 0 Å². The predicted molar refractivity (Wildman–Crippen MR) is 119 cm³/mol. The number of rotatable bonds is 8. The van der Waals surface area contributed by atoms with E-state index in [-0.39, 0.29) is 18.4 Å². The van der Waals surface area contributed by atoms with Gasteiger partial charge in [0.15, 0.2) is 6.10 Å². The first kappa shape index (κ1) is 21.6. The number of benzene rings is 2. The first-order chi connectivity index (χ1) is 14.5. The second kappa shape index (κ2) is 10.1. The SMILES string of the molecule is CCOC(=O)c1cc([C@H](C)c2ccccc2)sc1NC(=O)[C@H](C)Oc1ccccc1. The van der Waals surface area contributed by atoms with Crippen molar-refractivity contribution >= 4 is 28.2 Å². The van der Waals surface area contributed by atoms with E-state index in [1.54, 1.807) is 32.0 Å². The molecule has 0 aliphatic heterocycles. The first-order valence-electron chi connectivity index (χ1n) is 9.88. The van der Waals surface area contributed by atoms with Crippen molar-refractivity contribution in [1.82, 2.24) is 0 Å². The molecule has 2 aromatic carbocycles. The summed E-state index contributed by atoms with van der Waals surface area (Å²) in [7, 11) is 0. The molecule has 156 valence electrons. The Morgan fingerprint density at radius 2 is 1.63 bits per heavy atom. The normalized spacial score (nSPS) is 12.6. The van der Waals surface area contributed by atoms with Gasteiger partial charge in [-0.05, 0) is 37.6 Å². The van der Waals surface area contributed by atoms with Gasteiger partial charge >= 0.3 is 5.97 Å².